The standard InChI is InChI=1S/C16H30N4O/c17-16(20-11-5-2-6-12-20)19-10-9-18-15(21)13-14-7-3-1-4-8-14/h14H,1-13H2,(H2,17,19)(H,18,21). The van der Waals surface area contributed by atoms with Gasteiger partial charge in [-0.15, -0.1) is 0 Å². The second-order valence-corrected chi connectivity index (χ2v) is 6.35. The van der Waals surface area contributed by atoms with Gasteiger partial charge in [-0.25, -0.2) is 0 Å². The highest BCUT2D eigenvalue weighted by Gasteiger charge is 2.16. The SMILES string of the molecule is NC(=NCCNC(=O)CC1CCCCC1)N1CCCCC1. The number of aliphatic imine (C=N–C) groups is 1. The van der Waals surface area contributed by atoms with Crippen molar-refractivity contribution in [2.24, 2.45) is 16.6 Å². The molecule has 1 saturated heterocycles. The molecule has 0 unspecified atom stereocenters. The second-order valence-electron chi connectivity index (χ2n) is 6.35. The number of amides is 1. The van der Waals surface area contributed by atoms with Crippen molar-refractivity contribution in [3.05, 3.63) is 0 Å². The molecule has 0 radical (unpaired) electrons. The van der Waals surface area contributed by atoms with Crippen LogP contribution in [0.4, 0.5) is 0 Å². The Morgan fingerprint density at radius 2 is 1.76 bits per heavy atom. The molecule has 120 valence electrons. The summed E-state index contributed by atoms with van der Waals surface area (Å²) in [6.07, 6.45) is 10.7. The van der Waals surface area contributed by atoms with Gasteiger partial charge in [0.1, 0.15) is 0 Å². The first-order valence-electron chi connectivity index (χ1n) is 8.57. The topological polar surface area (TPSA) is 70.7 Å². The average molecular weight is 294 g/mol. The summed E-state index contributed by atoms with van der Waals surface area (Å²) in [4.78, 5) is 18.4. The molecule has 3 N–H and O–H groups in total. The Balaban J connectivity index is 1.58. The van der Waals surface area contributed by atoms with E-state index >= 15 is 0 Å². The van der Waals surface area contributed by atoms with E-state index < -0.39 is 0 Å². The van der Waals surface area contributed by atoms with Crippen molar-refractivity contribution in [2.45, 2.75) is 57.8 Å². The number of guanidine groups is 1. The maximum Gasteiger partial charge on any atom is 0.220 e. The van der Waals surface area contributed by atoms with Crippen LogP contribution in [-0.2, 0) is 4.79 Å². The van der Waals surface area contributed by atoms with E-state index in [1.54, 1.807) is 0 Å². The third kappa shape index (κ3) is 5.94. The monoisotopic (exact) mass is 294 g/mol. The van der Waals surface area contributed by atoms with Gasteiger partial charge in [0.05, 0.1) is 6.54 Å². The highest BCUT2D eigenvalue weighted by molar-refractivity contribution is 5.78. The summed E-state index contributed by atoms with van der Waals surface area (Å²) >= 11 is 0. The van der Waals surface area contributed by atoms with Crippen LogP contribution in [0.2, 0.25) is 0 Å². The van der Waals surface area contributed by atoms with Crippen molar-refractivity contribution in [1.29, 1.82) is 0 Å². The van der Waals surface area contributed by atoms with Crippen LogP contribution in [0.1, 0.15) is 57.8 Å². The molecule has 2 rings (SSSR count). The summed E-state index contributed by atoms with van der Waals surface area (Å²) in [6.45, 7) is 3.21. The van der Waals surface area contributed by atoms with Gasteiger partial charge in [0.2, 0.25) is 5.91 Å². The first kappa shape index (κ1) is 16.1. The zero-order valence-electron chi connectivity index (χ0n) is 13.1. The Kier molecular flexibility index (Phi) is 6.83. The lowest BCUT2D eigenvalue weighted by Gasteiger charge is -2.27. The Hall–Kier alpha value is -1.26. The highest BCUT2D eigenvalue weighted by Crippen LogP contribution is 2.25. The minimum Gasteiger partial charge on any atom is -0.370 e. The molecule has 1 aliphatic carbocycles. The van der Waals surface area contributed by atoms with E-state index in [0.717, 1.165) is 13.1 Å². The third-order valence-electron chi connectivity index (χ3n) is 4.59. The Bertz CT molecular complexity index is 344. The van der Waals surface area contributed by atoms with E-state index in [1.165, 1.54) is 51.4 Å². The third-order valence-corrected chi connectivity index (χ3v) is 4.59. The maximum atomic E-state index is 11.9. The minimum atomic E-state index is 0.175. The fraction of sp³-hybridized carbons (Fsp3) is 0.875. The number of rotatable bonds is 5. The van der Waals surface area contributed by atoms with Gasteiger partial charge in [-0.2, -0.15) is 0 Å². The highest BCUT2D eigenvalue weighted by atomic mass is 16.1. The largest absolute Gasteiger partial charge is 0.370 e. The van der Waals surface area contributed by atoms with Gasteiger partial charge in [-0.3, -0.25) is 9.79 Å². The van der Waals surface area contributed by atoms with Crippen molar-refractivity contribution >= 4 is 11.9 Å². The van der Waals surface area contributed by atoms with E-state index in [0.29, 0.717) is 31.4 Å². The van der Waals surface area contributed by atoms with Crippen LogP contribution >= 0.6 is 0 Å². The zero-order valence-corrected chi connectivity index (χ0v) is 13.1. The van der Waals surface area contributed by atoms with Crippen molar-refractivity contribution in [1.82, 2.24) is 10.2 Å². The van der Waals surface area contributed by atoms with Crippen LogP contribution in [0.15, 0.2) is 4.99 Å². The molecule has 1 amide bonds. The van der Waals surface area contributed by atoms with Gasteiger partial charge in [-0.05, 0) is 38.0 Å². The molecular weight excluding hydrogens is 264 g/mol. The van der Waals surface area contributed by atoms with E-state index in [9.17, 15) is 4.79 Å². The molecule has 2 fully saturated rings. The molecule has 21 heavy (non-hydrogen) atoms. The first-order chi connectivity index (χ1) is 10.3. The fourth-order valence-electron chi connectivity index (χ4n) is 3.31. The molecule has 0 spiro atoms. The lowest BCUT2D eigenvalue weighted by Crippen LogP contribution is -2.41. The number of hydrogen-bond acceptors (Lipinski definition) is 2. The summed E-state index contributed by atoms with van der Waals surface area (Å²) in [5.74, 6) is 1.41. The van der Waals surface area contributed by atoms with E-state index in [-0.39, 0.29) is 5.91 Å². The van der Waals surface area contributed by atoms with Crippen molar-refractivity contribution in [2.75, 3.05) is 26.2 Å². The van der Waals surface area contributed by atoms with Crippen LogP contribution in [0, 0.1) is 5.92 Å². The number of nitrogens with zero attached hydrogens (tertiary/aromatic N) is 2. The smallest absolute Gasteiger partial charge is 0.220 e. The average Bonchev–Trinajstić information content (AvgIpc) is 2.53. The predicted molar refractivity (Wildman–Crippen MR) is 86.1 cm³/mol. The summed E-state index contributed by atoms with van der Waals surface area (Å²) in [6, 6.07) is 0. The molecule has 5 heteroatoms. The number of carbonyl (C=O) groups excluding carboxylic acids is 1. The fourth-order valence-corrected chi connectivity index (χ4v) is 3.31. The lowest BCUT2D eigenvalue weighted by atomic mass is 9.87. The molecule has 0 atom stereocenters. The van der Waals surface area contributed by atoms with Crippen LogP contribution in [0.5, 0.6) is 0 Å². The van der Waals surface area contributed by atoms with Gasteiger partial charge in [-0.1, -0.05) is 19.3 Å². The predicted octanol–water partition coefficient (Wildman–Crippen LogP) is 1.87. The van der Waals surface area contributed by atoms with Crippen LogP contribution in [0.25, 0.3) is 0 Å². The van der Waals surface area contributed by atoms with Crippen LogP contribution < -0.4 is 11.1 Å². The van der Waals surface area contributed by atoms with Crippen molar-refractivity contribution in [3.8, 4) is 0 Å². The number of carbonyl (C=O) groups is 1. The van der Waals surface area contributed by atoms with Gasteiger partial charge in [0.15, 0.2) is 5.96 Å². The second kappa shape index (κ2) is 8.90. The quantitative estimate of drug-likeness (QED) is 0.462. The first-order valence-corrected chi connectivity index (χ1v) is 8.57. The van der Waals surface area contributed by atoms with Gasteiger partial charge >= 0.3 is 0 Å². The molecule has 5 nitrogen and oxygen atoms in total. The van der Waals surface area contributed by atoms with Crippen molar-refractivity contribution < 1.29 is 4.79 Å². The summed E-state index contributed by atoms with van der Waals surface area (Å²) in [7, 11) is 0. The molecular formula is C16H30N4O. The van der Waals surface area contributed by atoms with Gasteiger partial charge in [0, 0.05) is 26.1 Å². The van der Waals surface area contributed by atoms with E-state index in [4.69, 9.17) is 5.73 Å². The Labute approximate surface area is 128 Å². The Morgan fingerprint density at radius 1 is 1.10 bits per heavy atom. The summed E-state index contributed by atoms with van der Waals surface area (Å²) in [5, 5.41) is 2.97. The van der Waals surface area contributed by atoms with Crippen LogP contribution in [-0.4, -0.2) is 42.9 Å². The summed E-state index contributed by atoms with van der Waals surface area (Å²) < 4.78 is 0. The molecule has 2 aliphatic rings. The molecule has 0 aromatic heterocycles. The minimum absolute atomic E-state index is 0.175. The molecule has 0 aromatic carbocycles. The lowest BCUT2D eigenvalue weighted by molar-refractivity contribution is -0.122. The van der Waals surface area contributed by atoms with E-state index in [1.807, 2.05) is 0 Å². The molecule has 1 saturated carbocycles. The number of nitrogens with one attached hydrogen (secondary N) is 1. The number of nitrogens with two attached hydrogens (primary N) is 1. The molecule has 0 aromatic rings. The van der Waals surface area contributed by atoms with Gasteiger partial charge < -0.3 is 16.0 Å². The molecule has 0 bridgehead atoms. The van der Waals surface area contributed by atoms with Crippen molar-refractivity contribution in [3.63, 3.8) is 0 Å². The van der Waals surface area contributed by atoms with Crippen LogP contribution in [0.3, 0.4) is 0 Å². The maximum absolute atomic E-state index is 11.9. The summed E-state index contributed by atoms with van der Waals surface area (Å²) in [5.41, 5.74) is 5.98. The number of piperidine rings is 1. The molecule has 1 heterocycles. The Morgan fingerprint density at radius 3 is 2.48 bits per heavy atom. The number of likely N-dealkylation sites (tertiary alicyclic amines) is 1. The number of hydrogen-bond donors (Lipinski definition) is 2. The normalized spacial score (nSPS) is 21.3. The zero-order chi connectivity index (χ0) is 14.9. The molecule has 1 aliphatic heterocycles. The van der Waals surface area contributed by atoms with Gasteiger partial charge in [0.25, 0.3) is 0 Å². The van der Waals surface area contributed by atoms with E-state index in [2.05, 4.69) is 15.2 Å².